The van der Waals surface area contributed by atoms with Gasteiger partial charge in [-0.25, -0.2) is 4.98 Å². The number of fused-ring (bicyclic) bond motifs is 1. The fourth-order valence-electron chi connectivity index (χ4n) is 1.79. The summed E-state index contributed by atoms with van der Waals surface area (Å²) in [6.07, 6.45) is 1.87. The predicted molar refractivity (Wildman–Crippen MR) is 79.1 cm³/mol. The summed E-state index contributed by atoms with van der Waals surface area (Å²) in [6, 6.07) is 1.88. The maximum absolute atomic E-state index is 11.9. The minimum atomic E-state index is -0.109. The molecule has 0 amide bonds. The molecule has 104 valence electrons. The molecule has 2 atom stereocenters. The second kappa shape index (κ2) is 5.69. The zero-order valence-corrected chi connectivity index (χ0v) is 12.6. The number of hydrogen-bond acceptors (Lipinski definition) is 5. The van der Waals surface area contributed by atoms with E-state index in [0.717, 1.165) is 23.7 Å². The highest BCUT2D eigenvalue weighted by molar-refractivity contribution is 7.20. The molecule has 0 radical (unpaired) electrons. The number of rotatable bonds is 5. The molecular weight excluding hydrogens is 260 g/mol. The fourth-order valence-corrected chi connectivity index (χ4v) is 2.71. The van der Waals surface area contributed by atoms with Crippen molar-refractivity contribution in [1.29, 1.82) is 0 Å². The van der Waals surface area contributed by atoms with E-state index in [1.165, 1.54) is 15.9 Å². The van der Waals surface area contributed by atoms with Crippen molar-refractivity contribution < 1.29 is 0 Å². The Kier molecular flexibility index (Phi) is 4.19. The summed E-state index contributed by atoms with van der Waals surface area (Å²) in [4.78, 5) is 17.0. The molecule has 5 nitrogen and oxygen atoms in total. The van der Waals surface area contributed by atoms with E-state index in [-0.39, 0.29) is 5.56 Å². The van der Waals surface area contributed by atoms with Gasteiger partial charge >= 0.3 is 0 Å². The highest BCUT2D eigenvalue weighted by atomic mass is 32.1. The van der Waals surface area contributed by atoms with E-state index in [4.69, 9.17) is 0 Å². The van der Waals surface area contributed by atoms with Gasteiger partial charge in [0.15, 0.2) is 0 Å². The minimum Gasteiger partial charge on any atom is -0.357 e. The Morgan fingerprint density at radius 2 is 2.16 bits per heavy atom. The summed E-state index contributed by atoms with van der Waals surface area (Å²) in [6.45, 7) is 8.49. The van der Waals surface area contributed by atoms with E-state index in [2.05, 4.69) is 36.2 Å². The van der Waals surface area contributed by atoms with Crippen LogP contribution in [0.5, 0.6) is 0 Å². The summed E-state index contributed by atoms with van der Waals surface area (Å²) >= 11 is 1.43. The molecule has 0 saturated heterocycles. The van der Waals surface area contributed by atoms with Crippen LogP contribution in [0.15, 0.2) is 10.9 Å². The van der Waals surface area contributed by atoms with Gasteiger partial charge in [-0.15, -0.1) is 5.10 Å². The van der Waals surface area contributed by atoms with Gasteiger partial charge in [-0.3, -0.25) is 4.79 Å². The lowest BCUT2D eigenvalue weighted by atomic mass is 10.0. The van der Waals surface area contributed by atoms with Crippen molar-refractivity contribution in [2.24, 2.45) is 5.92 Å². The van der Waals surface area contributed by atoms with Crippen LogP contribution >= 0.6 is 11.3 Å². The van der Waals surface area contributed by atoms with E-state index in [9.17, 15) is 4.79 Å². The number of aryl methyl sites for hydroxylation is 1. The molecule has 19 heavy (non-hydrogen) atoms. The van der Waals surface area contributed by atoms with Crippen LogP contribution in [0.1, 0.15) is 39.8 Å². The van der Waals surface area contributed by atoms with Gasteiger partial charge in [0.1, 0.15) is 0 Å². The third-order valence-corrected chi connectivity index (χ3v) is 4.35. The average molecular weight is 280 g/mol. The van der Waals surface area contributed by atoms with Crippen LogP contribution in [0.4, 0.5) is 5.13 Å². The topological polar surface area (TPSA) is 59.3 Å². The number of nitrogens with one attached hydrogen (secondary N) is 1. The zero-order valence-electron chi connectivity index (χ0n) is 11.8. The molecule has 2 heterocycles. The van der Waals surface area contributed by atoms with Gasteiger partial charge < -0.3 is 5.32 Å². The summed E-state index contributed by atoms with van der Waals surface area (Å²) in [7, 11) is 0. The molecule has 0 aromatic carbocycles. The van der Waals surface area contributed by atoms with Crippen molar-refractivity contribution in [3.05, 3.63) is 22.1 Å². The maximum atomic E-state index is 11.9. The molecule has 0 aliphatic rings. The van der Waals surface area contributed by atoms with Crippen LogP contribution in [0.3, 0.4) is 0 Å². The SMILES string of the molecule is CCc1cc(=O)n2nc(N[C@@H](C)[C@H](C)CC)sc2n1. The van der Waals surface area contributed by atoms with Crippen molar-refractivity contribution in [3.8, 4) is 0 Å². The highest BCUT2D eigenvalue weighted by Gasteiger charge is 2.13. The first-order chi connectivity index (χ1) is 9.05. The lowest BCUT2D eigenvalue weighted by molar-refractivity contribution is 0.494. The summed E-state index contributed by atoms with van der Waals surface area (Å²) in [5.41, 5.74) is 0.706. The lowest BCUT2D eigenvalue weighted by Crippen LogP contribution is -2.23. The van der Waals surface area contributed by atoms with E-state index in [1.807, 2.05) is 6.92 Å². The molecule has 0 unspecified atom stereocenters. The first-order valence-corrected chi connectivity index (χ1v) is 7.53. The molecule has 2 aromatic rings. The van der Waals surface area contributed by atoms with E-state index >= 15 is 0 Å². The zero-order chi connectivity index (χ0) is 14.0. The molecule has 0 bridgehead atoms. The average Bonchev–Trinajstić information content (AvgIpc) is 2.80. The van der Waals surface area contributed by atoms with E-state index in [1.54, 1.807) is 6.07 Å². The van der Waals surface area contributed by atoms with Crippen LogP contribution < -0.4 is 10.9 Å². The van der Waals surface area contributed by atoms with E-state index in [0.29, 0.717) is 16.9 Å². The van der Waals surface area contributed by atoms with Gasteiger partial charge in [0.2, 0.25) is 10.1 Å². The third kappa shape index (κ3) is 2.94. The molecule has 1 N–H and O–H groups in total. The maximum Gasteiger partial charge on any atom is 0.275 e. The third-order valence-electron chi connectivity index (χ3n) is 3.51. The van der Waals surface area contributed by atoms with Crippen molar-refractivity contribution in [1.82, 2.24) is 14.6 Å². The second-order valence-electron chi connectivity index (χ2n) is 4.86. The number of nitrogens with zero attached hydrogens (tertiary/aromatic N) is 3. The highest BCUT2D eigenvalue weighted by Crippen LogP contribution is 2.20. The van der Waals surface area contributed by atoms with Crippen LogP contribution in [0, 0.1) is 5.92 Å². The Morgan fingerprint density at radius 1 is 1.42 bits per heavy atom. The van der Waals surface area contributed by atoms with Crippen molar-refractivity contribution in [2.75, 3.05) is 5.32 Å². The number of hydrogen-bond donors (Lipinski definition) is 1. The Balaban J connectivity index is 2.31. The Labute approximate surface area is 116 Å². The van der Waals surface area contributed by atoms with Gasteiger partial charge in [0.25, 0.3) is 5.56 Å². The summed E-state index contributed by atoms with van der Waals surface area (Å²) in [5, 5.41) is 8.40. The van der Waals surface area contributed by atoms with Gasteiger partial charge in [-0.2, -0.15) is 4.52 Å². The van der Waals surface area contributed by atoms with Crippen LogP contribution in [0.25, 0.3) is 4.96 Å². The molecule has 0 saturated carbocycles. The molecule has 0 aliphatic heterocycles. The van der Waals surface area contributed by atoms with Gasteiger partial charge in [-0.05, 0) is 19.3 Å². The van der Waals surface area contributed by atoms with Crippen LogP contribution in [-0.2, 0) is 6.42 Å². The first-order valence-electron chi connectivity index (χ1n) is 6.71. The Morgan fingerprint density at radius 3 is 2.79 bits per heavy atom. The van der Waals surface area contributed by atoms with Crippen molar-refractivity contribution in [3.63, 3.8) is 0 Å². The minimum absolute atomic E-state index is 0.109. The molecule has 2 aromatic heterocycles. The smallest absolute Gasteiger partial charge is 0.275 e. The van der Waals surface area contributed by atoms with Crippen LogP contribution in [-0.4, -0.2) is 20.6 Å². The summed E-state index contributed by atoms with van der Waals surface area (Å²) < 4.78 is 1.37. The molecule has 0 fully saturated rings. The standard InChI is InChI=1S/C13H20N4OS/c1-5-8(3)9(4)14-12-16-17-11(18)7-10(6-2)15-13(17)19-12/h7-9H,5-6H2,1-4H3,(H,14,16)/t8-,9+/m1/s1. The summed E-state index contributed by atoms with van der Waals surface area (Å²) in [5.74, 6) is 0.558. The Bertz CT molecular complexity index is 619. The fraction of sp³-hybridized carbons (Fsp3) is 0.615. The lowest BCUT2D eigenvalue weighted by Gasteiger charge is -2.18. The van der Waals surface area contributed by atoms with E-state index < -0.39 is 0 Å². The van der Waals surface area contributed by atoms with Gasteiger partial charge in [-0.1, -0.05) is 38.5 Å². The molecular formula is C13H20N4OS. The number of anilines is 1. The second-order valence-corrected chi connectivity index (χ2v) is 5.82. The quantitative estimate of drug-likeness (QED) is 0.914. The largest absolute Gasteiger partial charge is 0.357 e. The van der Waals surface area contributed by atoms with Crippen LogP contribution in [0.2, 0.25) is 0 Å². The van der Waals surface area contributed by atoms with Crippen molar-refractivity contribution >= 4 is 21.4 Å². The monoisotopic (exact) mass is 280 g/mol. The van der Waals surface area contributed by atoms with Crippen molar-refractivity contribution in [2.45, 2.75) is 46.6 Å². The molecule has 0 spiro atoms. The normalized spacial score (nSPS) is 14.5. The molecule has 0 aliphatic carbocycles. The Hall–Kier alpha value is -1.43. The van der Waals surface area contributed by atoms with Gasteiger partial charge in [0, 0.05) is 17.8 Å². The predicted octanol–water partition coefficient (Wildman–Crippen LogP) is 2.56. The number of aromatic nitrogens is 3. The molecule has 2 rings (SSSR count). The molecule has 6 heteroatoms. The van der Waals surface area contributed by atoms with Gasteiger partial charge in [0.05, 0.1) is 0 Å². The first kappa shape index (κ1) is 14.0.